The zero-order valence-electron chi connectivity index (χ0n) is 15.8. The monoisotopic (exact) mass is 358 g/mol. The van der Waals surface area contributed by atoms with E-state index in [0.717, 1.165) is 21.9 Å². The van der Waals surface area contributed by atoms with Gasteiger partial charge in [-0.3, -0.25) is 0 Å². The maximum absolute atomic E-state index is 11.9. The van der Waals surface area contributed by atoms with Crippen LogP contribution in [-0.4, -0.2) is 12.1 Å². The fourth-order valence-electron chi connectivity index (χ4n) is 2.74. The predicted octanol–water partition coefficient (Wildman–Crippen LogP) is 5.36. The highest BCUT2D eigenvalue weighted by molar-refractivity contribution is 5.89. The molecule has 0 aliphatic carbocycles. The van der Waals surface area contributed by atoms with E-state index in [0.29, 0.717) is 17.9 Å². The lowest BCUT2D eigenvalue weighted by Gasteiger charge is -2.10. The van der Waals surface area contributed by atoms with E-state index in [1.165, 1.54) is 0 Å². The fraction of sp³-hybridized carbons (Fsp3) is 0.208. The molecule has 0 saturated carbocycles. The molecule has 3 nitrogen and oxygen atoms in total. The molecule has 0 aliphatic heterocycles. The van der Waals surface area contributed by atoms with Gasteiger partial charge in [0.05, 0.1) is 11.7 Å². The normalized spacial score (nSPS) is 10.4. The Hall–Kier alpha value is -3.25. The summed E-state index contributed by atoms with van der Waals surface area (Å²) in [7, 11) is 0. The van der Waals surface area contributed by atoms with Crippen molar-refractivity contribution in [1.82, 2.24) is 0 Å². The van der Waals surface area contributed by atoms with Gasteiger partial charge >= 0.3 is 5.97 Å². The van der Waals surface area contributed by atoms with Crippen LogP contribution in [0.25, 0.3) is 10.8 Å². The van der Waals surface area contributed by atoms with Crippen molar-refractivity contribution in [2.24, 2.45) is 0 Å². The molecule has 3 aromatic carbocycles. The largest absolute Gasteiger partial charge is 0.489 e. The molecular formula is C24H22O3. The highest BCUT2D eigenvalue weighted by atomic mass is 16.5. The van der Waals surface area contributed by atoms with Crippen LogP contribution in [0.15, 0.2) is 60.7 Å². The molecule has 0 spiro atoms. The third kappa shape index (κ3) is 4.89. The van der Waals surface area contributed by atoms with E-state index in [-0.39, 0.29) is 12.1 Å². The van der Waals surface area contributed by atoms with E-state index in [2.05, 4.69) is 42.2 Å². The Morgan fingerprint density at radius 3 is 2.37 bits per heavy atom. The summed E-state index contributed by atoms with van der Waals surface area (Å²) in [5, 5.41) is 2.32. The van der Waals surface area contributed by atoms with Crippen LogP contribution in [0, 0.1) is 11.8 Å². The van der Waals surface area contributed by atoms with Crippen molar-refractivity contribution in [3.05, 3.63) is 77.4 Å². The van der Waals surface area contributed by atoms with Crippen molar-refractivity contribution >= 4 is 16.7 Å². The van der Waals surface area contributed by atoms with Crippen LogP contribution in [0.3, 0.4) is 0 Å². The first kappa shape index (κ1) is 18.5. The third-order valence-corrected chi connectivity index (χ3v) is 4.01. The molecule has 0 amide bonds. The van der Waals surface area contributed by atoms with Crippen molar-refractivity contribution in [2.45, 2.75) is 33.5 Å². The lowest BCUT2D eigenvalue weighted by atomic mass is 10.0. The average molecular weight is 358 g/mol. The van der Waals surface area contributed by atoms with Gasteiger partial charge in [0.25, 0.3) is 0 Å². The van der Waals surface area contributed by atoms with Gasteiger partial charge in [-0.2, -0.15) is 0 Å². The first-order valence-corrected chi connectivity index (χ1v) is 8.94. The maximum atomic E-state index is 11.9. The maximum Gasteiger partial charge on any atom is 0.338 e. The molecule has 0 heterocycles. The van der Waals surface area contributed by atoms with Crippen LogP contribution in [0.4, 0.5) is 0 Å². The van der Waals surface area contributed by atoms with Crippen LogP contribution in [0.2, 0.25) is 0 Å². The fourth-order valence-corrected chi connectivity index (χ4v) is 2.74. The highest BCUT2D eigenvalue weighted by Gasteiger charge is 2.09. The van der Waals surface area contributed by atoms with Gasteiger partial charge in [-0.15, -0.1) is 5.92 Å². The third-order valence-electron chi connectivity index (χ3n) is 4.01. The summed E-state index contributed by atoms with van der Waals surface area (Å²) in [5.41, 5.74) is 2.62. The van der Waals surface area contributed by atoms with Gasteiger partial charge in [0.1, 0.15) is 12.4 Å². The molecule has 3 aromatic rings. The number of benzene rings is 3. The van der Waals surface area contributed by atoms with E-state index in [9.17, 15) is 4.79 Å². The first-order chi connectivity index (χ1) is 13.0. The van der Waals surface area contributed by atoms with Crippen LogP contribution in [0.1, 0.15) is 42.3 Å². The van der Waals surface area contributed by atoms with Crippen molar-refractivity contribution < 1.29 is 14.3 Å². The number of hydrogen-bond acceptors (Lipinski definition) is 3. The number of carbonyl (C=O) groups is 1. The molecular weight excluding hydrogens is 336 g/mol. The standard InChI is InChI=1S/C24H22O3/c1-4-5-18-6-8-22-15-19(7-9-21(22)14-18)16-26-23-12-10-20(11-13-23)24(25)27-17(2)3/h6-15,17H,16H2,1-3H3. The molecule has 0 bridgehead atoms. The zero-order valence-corrected chi connectivity index (χ0v) is 15.8. The molecule has 0 radical (unpaired) electrons. The van der Waals surface area contributed by atoms with Gasteiger partial charge in [0.2, 0.25) is 0 Å². The van der Waals surface area contributed by atoms with E-state index in [1.807, 2.05) is 26.8 Å². The molecule has 3 heteroatoms. The Morgan fingerprint density at radius 1 is 0.963 bits per heavy atom. The number of hydrogen-bond donors (Lipinski definition) is 0. The molecule has 0 atom stereocenters. The highest BCUT2D eigenvalue weighted by Crippen LogP contribution is 2.20. The zero-order chi connectivity index (χ0) is 19.2. The summed E-state index contributed by atoms with van der Waals surface area (Å²) < 4.78 is 11.0. The lowest BCUT2D eigenvalue weighted by molar-refractivity contribution is 0.0378. The van der Waals surface area contributed by atoms with Gasteiger partial charge in [-0.1, -0.05) is 24.1 Å². The smallest absolute Gasteiger partial charge is 0.338 e. The number of ether oxygens (including phenoxy) is 2. The van der Waals surface area contributed by atoms with Crippen LogP contribution < -0.4 is 4.74 Å². The van der Waals surface area contributed by atoms with Gasteiger partial charge in [-0.05, 0) is 79.6 Å². The molecule has 0 aliphatic rings. The minimum Gasteiger partial charge on any atom is -0.489 e. The topological polar surface area (TPSA) is 35.5 Å². The Bertz CT molecular complexity index is 1010. The molecule has 0 saturated heterocycles. The van der Waals surface area contributed by atoms with Crippen LogP contribution >= 0.6 is 0 Å². The van der Waals surface area contributed by atoms with E-state index >= 15 is 0 Å². The Labute approximate surface area is 159 Å². The number of fused-ring (bicyclic) bond motifs is 1. The van der Waals surface area contributed by atoms with E-state index in [4.69, 9.17) is 9.47 Å². The minimum absolute atomic E-state index is 0.133. The summed E-state index contributed by atoms with van der Waals surface area (Å²) >= 11 is 0. The van der Waals surface area contributed by atoms with Gasteiger partial charge in [-0.25, -0.2) is 4.79 Å². The Kier molecular flexibility index (Phi) is 5.78. The van der Waals surface area contributed by atoms with Crippen LogP contribution in [0.5, 0.6) is 5.75 Å². The minimum atomic E-state index is -0.321. The number of carbonyl (C=O) groups excluding carboxylic acids is 1. The second kappa shape index (κ2) is 8.42. The summed E-state index contributed by atoms with van der Waals surface area (Å²) in [4.78, 5) is 11.9. The quantitative estimate of drug-likeness (QED) is 0.455. The van der Waals surface area contributed by atoms with E-state index in [1.54, 1.807) is 24.3 Å². The molecule has 0 fully saturated rings. The molecule has 0 N–H and O–H groups in total. The predicted molar refractivity (Wildman–Crippen MR) is 108 cm³/mol. The number of rotatable bonds is 5. The number of esters is 1. The Morgan fingerprint density at radius 2 is 1.67 bits per heavy atom. The van der Waals surface area contributed by atoms with Gasteiger partial charge in [0.15, 0.2) is 0 Å². The first-order valence-electron chi connectivity index (χ1n) is 8.94. The molecule has 3 rings (SSSR count). The van der Waals surface area contributed by atoms with E-state index < -0.39 is 0 Å². The second-order valence-corrected chi connectivity index (χ2v) is 6.54. The molecule has 136 valence electrons. The van der Waals surface area contributed by atoms with Gasteiger partial charge < -0.3 is 9.47 Å². The van der Waals surface area contributed by atoms with Crippen molar-refractivity contribution in [1.29, 1.82) is 0 Å². The second-order valence-electron chi connectivity index (χ2n) is 6.54. The summed E-state index contributed by atoms with van der Waals surface area (Å²) in [6.45, 7) is 5.96. The van der Waals surface area contributed by atoms with Gasteiger partial charge in [0, 0.05) is 5.56 Å². The lowest BCUT2D eigenvalue weighted by Crippen LogP contribution is -2.11. The average Bonchev–Trinajstić information content (AvgIpc) is 2.66. The molecule has 0 unspecified atom stereocenters. The van der Waals surface area contributed by atoms with Crippen molar-refractivity contribution in [3.8, 4) is 17.6 Å². The van der Waals surface area contributed by atoms with Crippen LogP contribution in [-0.2, 0) is 11.3 Å². The summed E-state index contributed by atoms with van der Waals surface area (Å²) in [6, 6.07) is 19.5. The molecule has 0 aromatic heterocycles. The summed E-state index contributed by atoms with van der Waals surface area (Å²) in [6.07, 6.45) is -0.133. The summed E-state index contributed by atoms with van der Waals surface area (Å²) in [5.74, 6) is 6.39. The SMILES string of the molecule is CC#Cc1ccc2cc(COc3ccc(C(=O)OC(C)C)cc3)ccc2c1. The van der Waals surface area contributed by atoms with Crippen molar-refractivity contribution in [3.63, 3.8) is 0 Å². The molecule has 27 heavy (non-hydrogen) atoms. The Balaban J connectivity index is 1.66. The van der Waals surface area contributed by atoms with Crippen molar-refractivity contribution in [2.75, 3.05) is 0 Å².